The lowest BCUT2D eigenvalue weighted by Crippen LogP contribution is -2.10. The topological polar surface area (TPSA) is 61.8 Å². The van der Waals surface area contributed by atoms with Gasteiger partial charge in [-0.25, -0.2) is 9.59 Å². The molecular weight excluding hydrogens is 437 g/mol. The number of benzene rings is 2. The summed E-state index contributed by atoms with van der Waals surface area (Å²) >= 11 is 0. The van der Waals surface area contributed by atoms with Gasteiger partial charge >= 0.3 is 18.1 Å². The van der Waals surface area contributed by atoms with E-state index in [2.05, 4.69) is 13.8 Å². The smallest absolute Gasteiger partial charge is 0.389 e. The van der Waals surface area contributed by atoms with Gasteiger partial charge in [0.25, 0.3) is 0 Å². The minimum atomic E-state index is -4.20. The zero-order chi connectivity index (χ0) is 24.7. The average Bonchev–Trinajstić information content (AvgIpc) is 2.77. The van der Waals surface area contributed by atoms with Crippen molar-refractivity contribution in [1.29, 1.82) is 0 Å². The molecule has 0 bridgehead atoms. The predicted molar refractivity (Wildman–Crippen MR) is 120 cm³/mol. The molecule has 2 rings (SSSR count). The van der Waals surface area contributed by atoms with Gasteiger partial charge in [0.15, 0.2) is 0 Å². The quantitative estimate of drug-likeness (QED) is 0.180. The van der Waals surface area contributed by atoms with Crippen LogP contribution in [0.3, 0.4) is 0 Å². The first-order chi connectivity index (χ1) is 15.7. The van der Waals surface area contributed by atoms with Crippen LogP contribution in [0, 0.1) is 0 Å². The summed E-state index contributed by atoms with van der Waals surface area (Å²) in [5.74, 6) is -0.346. The molecule has 0 fully saturated rings. The van der Waals surface area contributed by atoms with E-state index >= 15 is 0 Å². The van der Waals surface area contributed by atoms with Gasteiger partial charge in [-0.2, -0.15) is 13.2 Å². The van der Waals surface area contributed by atoms with Crippen molar-refractivity contribution >= 4 is 18.0 Å². The van der Waals surface area contributed by atoms with E-state index in [1.165, 1.54) is 36.8 Å². The molecule has 0 spiro atoms. The minimum Gasteiger partial charge on any atom is -0.494 e. The Labute approximate surface area is 192 Å². The lowest BCUT2D eigenvalue weighted by atomic mass is 10.2. The van der Waals surface area contributed by atoms with Gasteiger partial charge in [-0.15, -0.1) is 0 Å². The number of hydrogen-bond donors (Lipinski definition) is 0. The number of halogens is 3. The van der Waals surface area contributed by atoms with Gasteiger partial charge in [0.2, 0.25) is 0 Å². The molecule has 0 aliphatic heterocycles. The maximum atomic E-state index is 12.2. The van der Waals surface area contributed by atoms with Gasteiger partial charge < -0.3 is 14.2 Å². The molecule has 33 heavy (non-hydrogen) atoms. The highest BCUT2D eigenvalue weighted by molar-refractivity contribution is 5.91. The second-order valence-electron chi connectivity index (χ2n) is 6.84. The molecule has 0 radical (unpaired) electrons. The first-order valence-electron chi connectivity index (χ1n) is 10.6. The van der Waals surface area contributed by atoms with Gasteiger partial charge in [-0.1, -0.05) is 32.4 Å². The van der Waals surface area contributed by atoms with Crippen LogP contribution in [-0.4, -0.2) is 31.3 Å². The van der Waals surface area contributed by atoms with E-state index in [0.717, 1.165) is 5.56 Å². The summed E-state index contributed by atoms with van der Waals surface area (Å²) in [5, 5.41) is 0. The summed E-state index contributed by atoms with van der Waals surface area (Å²) in [6.07, 6.45) is -1.12. The summed E-state index contributed by atoms with van der Waals surface area (Å²) in [6, 6.07) is 12.4. The third-order valence-corrected chi connectivity index (χ3v) is 3.75. The third kappa shape index (κ3) is 12.4. The number of rotatable bonds is 9. The molecule has 8 heteroatoms. The van der Waals surface area contributed by atoms with Gasteiger partial charge in [0.1, 0.15) is 11.5 Å². The monoisotopic (exact) mass is 466 g/mol. The lowest BCUT2D eigenvalue weighted by molar-refractivity contribution is -0.137. The third-order valence-electron chi connectivity index (χ3n) is 3.75. The van der Waals surface area contributed by atoms with Crippen LogP contribution >= 0.6 is 0 Å². The molecule has 180 valence electrons. The number of alkyl halides is 3. The Morgan fingerprint density at radius 2 is 1.48 bits per heavy atom. The molecule has 0 aliphatic carbocycles. The fraction of sp³-hybridized carbons (Fsp3) is 0.360. The van der Waals surface area contributed by atoms with E-state index in [1.807, 2.05) is 0 Å². The van der Waals surface area contributed by atoms with Crippen molar-refractivity contribution in [1.82, 2.24) is 0 Å². The second kappa shape index (κ2) is 14.7. The maximum absolute atomic E-state index is 12.2. The molecule has 0 unspecified atom stereocenters. The van der Waals surface area contributed by atoms with Gasteiger partial charge in [-0.3, -0.25) is 0 Å². The Kier molecular flexibility index (Phi) is 12.4. The summed E-state index contributed by atoms with van der Waals surface area (Å²) < 4.78 is 51.6. The SMILES string of the molecule is CCC.CCOC(=O)/C=C/c1ccc(OC(=O)c2ccc(OCCCC(F)(F)F)cc2)cc1. The van der Waals surface area contributed by atoms with Crippen LogP contribution in [0.2, 0.25) is 0 Å². The molecule has 0 aliphatic rings. The van der Waals surface area contributed by atoms with Crippen LogP contribution in [0.5, 0.6) is 11.5 Å². The van der Waals surface area contributed by atoms with Crippen molar-refractivity contribution < 1.29 is 37.0 Å². The molecule has 2 aromatic rings. The molecular formula is C25H29F3O5. The van der Waals surface area contributed by atoms with E-state index < -0.39 is 24.5 Å². The summed E-state index contributed by atoms with van der Waals surface area (Å²) in [5.41, 5.74) is 0.999. The van der Waals surface area contributed by atoms with E-state index in [4.69, 9.17) is 14.2 Å². The van der Waals surface area contributed by atoms with Crippen molar-refractivity contribution in [2.45, 2.75) is 46.2 Å². The summed E-state index contributed by atoms with van der Waals surface area (Å²) in [4.78, 5) is 23.5. The standard InChI is InChI=1S/C22H21F3O5.C3H8/c1-2-28-20(26)13-6-16-4-9-19(10-5-16)30-21(27)17-7-11-18(12-8-17)29-15-3-14-22(23,24)25;1-3-2/h4-13H,2-3,14-15H2,1H3;3H2,1-2H3/b13-6+;. The molecule has 0 saturated carbocycles. The van der Waals surface area contributed by atoms with E-state index in [1.54, 1.807) is 37.3 Å². The summed E-state index contributed by atoms with van der Waals surface area (Å²) in [6.45, 7) is 6.19. The zero-order valence-electron chi connectivity index (χ0n) is 19.0. The van der Waals surface area contributed by atoms with Crippen LogP contribution in [-0.2, 0) is 9.53 Å². The molecule has 0 amide bonds. The van der Waals surface area contributed by atoms with Crippen molar-refractivity contribution in [2.75, 3.05) is 13.2 Å². The van der Waals surface area contributed by atoms with E-state index in [9.17, 15) is 22.8 Å². The molecule has 0 aromatic heterocycles. The van der Waals surface area contributed by atoms with Crippen molar-refractivity contribution in [2.24, 2.45) is 0 Å². The van der Waals surface area contributed by atoms with Gasteiger partial charge in [0, 0.05) is 12.5 Å². The van der Waals surface area contributed by atoms with Crippen molar-refractivity contribution in [3.05, 3.63) is 65.7 Å². The molecule has 0 N–H and O–H groups in total. The van der Waals surface area contributed by atoms with Crippen LogP contribution in [0.25, 0.3) is 6.08 Å². The highest BCUT2D eigenvalue weighted by Gasteiger charge is 2.26. The molecule has 5 nitrogen and oxygen atoms in total. The minimum absolute atomic E-state index is 0.0692. The number of hydrogen-bond acceptors (Lipinski definition) is 5. The Morgan fingerprint density at radius 1 is 0.909 bits per heavy atom. The lowest BCUT2D eigenvalue weighted by Gasteiger charge is -2.09. The Hall–Kier alpha value is -3.29. The van der Waals surface area contributed by atoms with Crippen LogP contribution in [0.1, 0.15) is 56.0 Å². The number of esters is 2. The molecule has 0 saturated heterocycles. The first-order valence-corrected chi connectivity index (χ1v) is 10.6. The predicted octanol–water partition coefficient (Wildman–Crippen LogP) is 6.62. The fourth-order valence-corrected chi connectivity index (χ4v) is 2.32. The Morgan fingerprint density at radius 3 is 2.03 bits per heavy atom. The van der Waals surface area contributed by atoms with Crippen LogP contribution in [0.4, 0.5) is 13.2 Å². The number of ether oxygens (including phenoxy) is 3. The van der Waals surface area contributed by atoms with E-state index in [-0.39, 0.29) is 18.6 Å². The summed E-state index contributed by atoms with van der Waals surface area (Å²) in [7, 11) is 0. The zero-order valence-corrected chi connectivity index (χ0v) is 19.0. The fourth-order valence-electron chi connectivity index (χ4n) is 2.32. The van der Waals surface area contributed by atoms with E-state index in [0.29, 0.717) is 18.1 Å². The van der Waals surface area contributed by atoms with Crippen LogP contribution in [0.15, 0.2) is 54.6 Å². The average molecular weight is 466 g/mol. The number of carbonyl (C=O) groups excluding carboxylic acids is 2. The Bertz CT molecular complexity index is 872. The van der Waals surface area contributed by atoms with Crippen molar-refractivity contribution in [3.8, 4) is 11.5 Å². The molecule has 0 atom stereocenters. The highest BCUT2D eigenvalue weighted by atomic mass is 19.4. The van der Waals surface area contributed by atoms with Crippen LogP contribution < -0.4 is 9.47 Å². The highest BCUT2D eigenvalue weighted by Crippen LogP contribution is 2.22. The van der Waals surface area contributed by atoms with Gasteiger partial charge in [-0.05, 0) is 61.4 Å². The van der Waals surface area contributed by atoms with Crippen molar-refractivity contribution in [3.63, 3.8) is 0 Å². The maximum Gasteiger partial charge on any atom is 0.389 e. The largest absolute Gasteiger partial charge is 0.494 e. The molecule has 0 heterocycles. The Balaban J connectivity index is 0.00000172. The first kappa shape index (κ1) is 27.7. The second-order valence-corrected chi connectivity index (χ2v) is 6.84. The molecule has 2 aromatic carbocycles. The number of carbonyl (C=O) groups is 2. The normalized spacial score (nSPS) is 10.8. The van der Waals surface area contributed by atoms with Gasteiger partial charge in [0.05, 0.1) is 18.8 Å².